The molecule has 138 valence electrons. The SMILES string of the molecule is COc1ccc(C(=O)NNC(=O)COc2c(C)cccc2C)c(OC)c1. The molecule has 0 aliphatic heterocycles. The molecule has 0 saturated carbocycles. The second kappa shape index (κ2) is 8.75. The van der Waals surface area contributed by atoms with Gasteiger partial charge in [0.05, 0.1) is 19.8 Å². The molecule has 0 fully saturated rings. The van der Waals surface area contributed by atoms with E-state index in [4.69, 9.17) is 14.2 Å². The minimum Gasteiger partial charge on any atom is -0.497 e. The average molecular weight is 358 g/mol. The van der Waals surface area contributed by atoms with Gasteiger partial charge in [0.1, 0.15) is 17.2 Å². The maximum absolute atomic E-state index is 12.2. The zero-order chi connectivity index (χ0) is 19.1. The second-order valence-corrected chi connectivity index (χ2v) is 5.58. The first-order chi connectivity index (χ1) is 12.5. The van der Waals surface area contributed by atoms with Crippen molar-refractivity contribution in [1.29, 1.82) is 0 Å². The number of rotatable bonds is 6. The zero-order valence-electron chi connectivity index (χ0n) is 15.2. The Balaban J connectivity index is 1.92. The Hall–Kier alpha value is -3.22. The standard InChI is InChI=1S/C19H22N2O5/c1-12-6-5-7-13(2)18(12)26-11-17(22)20-21-19(23)15-9-8-14(24-3)10-16(15)25-4/h5-10H,11H2,1-4H3,(H,20,22)(H,21,23). The van der Waals surface area contributed by atoms with Gasteiger partial charge in [-0.1, -0.05) is 18.2 Å². The molecule has 2 N–H and O–H groups in total. The predicted octanol–water partition coefficient (Wildman–Crippen LogP) is 2.16. The highest BCUT2D eigenvalue weighted by Crippen LogP contribution is 2.24. The summed E-state index contributed by atoms with van der Waals surface area (Å²) in [6.07, 6.45) is 0. The molecule has 0 aliphatic carbocycles. The maximum Gasteiger partial charge on any atom is 0.276 e. The number of nitrogens with one attached hydrogen (secondary N) is 2. The van der Waals surface area contributed by atoms with E-state index in [-0.39, 0.29) is 12.2 Å². The van der Waals surface area contributed by atoms with E-state index in [9.17, 15) is 9.59 Å². The molecule has 2 aromatic carbocycles. The topological polar surface area (TPSA) is 85.9 Å². The number of hydrogen-bond acceptors (Lipinski definition) is 5. The van der Waals surface area contributed by atoms with Crippen LogP contribution in [0.2, 0.25) is 0 Å². The zero-order valence-corrected chi connectivity index (χ0v) is 15.2. The van der Waals surface area contributed by atoms with Crippen LogP contribution in [-0.4, -0.2) is 32.6 Å². The van der Waals surface area contributed by atoms with Crippen molar-refractivity contribution in [3.63, 3.8) is 0 Å². The van der Waals surface area contributed by atoms with Crippen LogP contribution < -0.4 is 25.1 Å². The van der Waals surface area contributed by atoms with Gasteiger partial charge < -0.3 is 14.2 Å². The number of amides is 2. The number of hydrazine groups is 1. The van der Waals surface area contributed by atoms with Crippen molar-refractivity contribution < 1.29 is 23.8 Å². The molecule has 2 aromatic rings. The molecular weight excluding hydrogens is 336 g/mol. The van der Waals surface area contributed by atoms with E-state index in [1.807, 2.05) is 32.0 Å². The Kier molecular flexibility index (Phi) is 6.43. The Labute approximate surface area is 152 Å². The fourth-order valence-electron chi connectivity index (χ4n) is 2.38. The summed E-state index contributed by atoms with van der Waals surface area (Å²) in [6.45, 7) is 3.58. The molecule has 0 spiro atoms. The maximum atomic E-state index is 12.2. The predicted molar refractivity (Wildman–Crippen MR) is 96.6 cm³/mol. The van der Waals surface area contributed by atoms with E-state index in [1.165, 1.54) is 14.2 Å². The van der Waals surface area contributed by atoms with Crippen molar-refractivity contribution in [3.8, 4) is 17.2 Å². The van der Waals surface area contributed by atoms with Crippen LogP contribution in [0.15, 0.2) is 36.4 Å². The highest BCUT2D eigenvalue weighted by molar-refractivity contribution is 5.98. The van der Waals surface area contributed by atoms with Crippen LogP contribution in [0.1, 0.15) is 21.5 Å². The van der Waals surface area contributed by atoms with Gasteiger partial charge in [-0.05, 0) is 37.1 Å². The third-order valence-corrected chi connectivity index (χ3v) is 3.73. The first kappa shape index (κ1) is 19.1. The highest BCUT2D eigenvalue weighted by atomic mass is 16.5. The van der Waals surface area contributed by atoms with Crippen LogP contribution in [0.5, 0.6) is 17.2 Å². The Morgan fingerprint density at radius 2 is 1.65 bits per heavy atom. The summed E-state index contributed by atoms with van der Waals surface area (Å²) < 4.78 is 15.8. The molecule has 0 aromatic heterocycles. The number of benzene rings is 2. The van der Waals surface area contributed by atoms with Gasteiger partial charge in [-0.2, -0.15) is 0 Å². The Bertz CT molecular complexity index is 784. The lowest BCUT2D eigenvalue weighted by molar-refractivity contribution is -0.123. The van der Waals surface area contributed by atoms with Crippen molar-refractivity contribution in [2.45, 2.75) is 13.8 Å². The van der Waals surface area contributed by atoms with Crippen LogP contribution in [-0.2, 0) is 4.79 Å². The van der Waals surface area contributed by atoms with E-state index in [0.717, 1.165) is 11.1 Å². The third-order valence-electron chi connectivity index (χ3n) is 3.73. The molecule has 0 saturated heterocycles. The molecule has 0 aliphatic rings. The van der Waals surface area contributed by atoms with Gasteiger partial charge in [-0.25, -0.2) is 0 Å². The fraction of sp³-hybridized carbons (Fsp3) is 0.263. The Morgan fingerprint density at radius 1 is 0.962 bits per heavy atom. The van der Waals surface area contributed by atoms with Gasteiger partial charge in [0, 0.05) is 6.07 Å². The molecule has 0 atom stereocenters. The van der Waals surface area contributed by atoms with E-state index in [0.29, 0.717) is 17.2 Å². The molecule has 2 amide bonds. The highest BCUT2D eigenvalue weighted by Gasteiger charge is 2.14. The quantitative estimate of drug-likeness (QED) is 0.773. The van der Waals surface area contributed by atoms with Gasteiger partial charge >= 0.3 is 0 Å². The van der Waals surface area contributed by atoms with E-state index >= 15 is 0 Å². The number of ether oxygens (including phenoxy) is 3. The molecule has 2 rings (SSSR count). The molecule has 7 nitrogen and oxygen atoms in total. The monoisotopic (exact) mass is 358 g/mol. The minimum absolute atomic E-state index is 0.217. The summed E-state index contributed by atoms with van der Waals surface area (Å²) in [5.74, 6) is 0.566. The number of para-hydroxylation sites is 1. The first-order valence-corrected chi connectivity index (χ1v) is 7.96. The average Bonchev–Trinajstić information content (AvgIpc) is 2.65. The second-order valence-electron chi connectivity index (χ2n) is 5.58. The fourth-order valence-corrected chi connectivity index (χ4v) is 2.38. The summed E-state index contributed by atoms with van der Waals surface area (Å²) in [5.41, 5.74) is 6.79. The lowest BCUT2D eigenvalue weighted by Gasteiger charge is -2.13. The van der Waals surface area contributed by atoms with Gasteiger partial charge in [0.15, 0.2) is 6.61 Å². The van der Waals surface area contributed by atoms with Crippen LogP contribution in [0, 0.1) is 13.8 Å². The minimum atomic E-state index is -0.509. The molecule has 0 radical (unpaired) electrons. The third kappa shape index (κ3) is 4.66. The number of methoxy groups -OCH3 is 2. The number of aryl methyl sites for hydroxylation is 2. The number of carbonyl (C=O) groups is 2. The normalized spacial score (nSPS) is 10.0. The summed E-state index contributed by atoms with van der Waals surface area (Å²) in [7, 11) is 2.97. The molecule has 0 bridgehead atoms. The Morgan fingerprint density at radius 3 is 2.27 bits per heavy atom. The van der Waals surface area contributed by atoms with Crippen LogP contribution in [0.3, 0.4) is 0 Å². The van der Waals surface area contributed by atoms with Crippen LogP contribution in [0.4, 0.5) is 0 Å². The summed E-state index contributed by atoms with van der Waals surface area (Å²) in [4.78, 5) is 24.2. The lowest BCUT2D eigenvalue weighted by atomic mass is 10.1. The van der Waals surface area contributed by atoms with Crippen LogP contribution >= 0.6 is 0 Å². The van der Waals surface area contributed by atoms with E-state index < -0.39 is 11.8 Å². The van der Waals surface area contributed by atoms with Crippen molar-refractivity contribution in [3.05, 3.63) is 53.1 Å². The van der Waals surface area contributed by atoms with Crippen molar-refractivity contribution >= 4 is 11.8 Å². The molecular formula is C19H22N2O5. The van der Waals surface area contributed by atoms with E-state index in [1.54, 1.807) is 18.2 Å². The number of hydrogen-bond donors (Lipinski definition) is 2. The van der Waals surface area contributed by atoms with Gasteiger partial charge in [0.25, 0.3) is 11.8 Å². The lowest BCUT2D eigenvalue weighted by Crippen LogP contribution is -2.44. The van der Waals surface area contributed by atoms with Gasteiger partial charge in [-0.15, -0.1) is 0 Å². The largest absolute Gasteiger partial charge is 0.497 e. The molecule has 0 heterocycles. The van der Waals surface area contributed by atoms with Crippen molar-refractivity contribution in [2.75, 3.05) is 20.8 Å². The van der Waals surface area contributed by atoms with Crippen LogP contribution in [0.25, 0.3) is 0 Å². The summed E-state index contributed by atoms with van der Waals surface area (Å²) in [6, 6.07) is 10.5. The summed E-state index contributed by atoms with van der Waals surface area (Å²) in [5, 5.41) is 0. The van der Waals surface area contributed by atoms with E-state index in [2.05, 4.69) is 10.9 Å². The smallest absolute Gasteiger partial charge is 0.276 e. The van der Waals surface area contributed by atoms with Gasteiger partial charge in [-0.3, -0.25) is 20.4 Å². The van der Waals surface area contributed by atoms with Crippen molar-refractivity contribution in [1.82, 2.24) is 10.9 Å². The van der Waals surface area contributed by atoms with Crippen molar-refractivity contribution in [2.24, 2.45) is 0 Å². The molecule has 26 heavy (non-hydrogen) atoms. The van der Waals surface area contributed by atoms with Gasteiger partial charge in [0.2, 0.25) is 0 Å². The molecule has 0 unspecified atom stereocenters. The molecule has 7 heteroatoms. The number of carbonyl (C=O) groups excluding carboxylic acids is 2. The first-order valence-electron chi connectivity index (χ1n) is 7.96. The summed E-state index contributed by atoms with van der Waals surface area (Å²) >= 11 is 0.